The number of ether oxygens (including phenoxy) is 1. The molecule has 0 saturated heterocycles. The van der Waals surface area contributed by atoms with Gasteiger partial charge >= 0.3 is 0 Å². The highest BCUT2D eigenvalue weighted by molar-refractivity contribution is 6.32. The van der Waals surface area contributed by atoms with E-state index in [9.17, 15) is 4.79 Å². The molecular weight excluding hydrogens is 402 g/mol. The summed E-state index contributed by atoms with van der Waals surface area (Å²) in [6.45, 7) is 0. The predicted molar refractivity (Wildman–Crippen MR) is 115 cm³/mol. The average Bonchev–Trinajstić information content (AvgIpc) is 3.25. The zero-order chi connectivity index (χ0) is 20.8. The van der Waals surface area contributed by atoms with E-state index < -0.39 is 0 Å². The maximum Gasteiger partial charge on any atom is 0.247 e. The second-order valence-electron chi connectivity index (χ2n) is 6.47. The maximum absolute atomic E-state index is 12.2. The van der Waals surface area contributed by atoms with Gasteiger partial charge in [0.05, 0.1) is 5.02 Å². The molecule has 0 saturated carbocycles. The monoisotopic (exact) mass is 419 g/mol. The van der Waals surface area contributed by atoms with Crippen molar-refractivity contribution in [3.8, 4) is 23.0 Å². The molecule has 1 amide bonds. The Labute approximate surface area is 178 Å². The Hall–Kier alpha value is -3.64. The van der Waals surface area contributed by atoms with Crippen LogP contribution in [0.4, 0.5) is 5.69 Å². The Bertz CT molecular complexity index is 1130. The molecule has 1 aromatic heterocycles. The molecular formula is C23H18ClN3O3. The summed E-state index contributed by atoms with van der Waals surface area (Å²) in [5.74, 6) is 1.92. The van der Waals surface area contributed by atoms with Gasteiger partial charge in [0.2, 0.25) is 17.7 Å². The molecule has 0 radical (unpaired) electrons. The Morgan fingerprint density at radius 1 is 0.933 bits per heavy atom. The van der Waals surface area contributed by atoms with Crippen LogP contribution >= 0.6 is 11.6 Å². The first kappa shape index (κ1) is 19.7. The van der Waals surface area contributed by atoms with Crippen molar-refractivity contribution in [2.75, 3.05) is 5.32 Å². The van der Waals surface area contributed by atoms with E-state index in [1.54, 1.807) is 36.4 Å². The number of aryl methyl sites for hydroxylation is 1. The van der Waals surface area contributed by atoms with Gasteiger partial charge < -0.3 is 14.5 Å². The van der Waals surface area contributed by atoms with E-state index in [-0.39, 0.29) is 12.3 Å². The number of rotatable bonds is 7. The quantitative estimate of drug-likeness (QED) is 0.412. The number of para-hydroxylation sites is 1. The van der Waals surface area contributed by atoms with Gasteiger partial charge in [-0.15, -0.1) is 10.2 Å². The molecule has 30 heavy (non-hydrogen) atoms. The van der Waals surface area contributed by atoms with Crippen LogP contribution in [-0.4, -0.2) is 16.1 Å². The first-order valence-electron chi connectivity index (χ1n) is 9.37. The van der Waals surface area contributed by atoms with E-state index in [1.165, 1.54) is 0 Å². The van der Waals surface area contributed by atoms with Gasteiger partial charge in [0.1, 0.15) is 11.5 Å². The third-order valence-electron chi connectivity index (χ3n) is 4.26. The maximum atomic E-state index is 12.2. The number of nitrogens with zero attached hydrogens (tertiary/aromatic N) is 2. The second kappa shape index (κ2) is 9.24. The lowest BCUT2D eigenvalue weighted by Crippen LogP contribution is -2.12. The number of amides is 1. The third kappa shape index (κ3) is 5.04. The van der Waals surface area contributed by atoms with Crippen LogP contribution in [0.5, 0.6) is 11.5 Å². The lowest BCUT2D eigenvalue weighted by Gasteiger charge is -2.09. The number of halogens is 1. The minimum atomic E-state index is -0.144. The lowest BCUT2D eigenvalue weighted by atomic mass is 10.2. The smallest absolute Gasteiger partial charge is 0.247 e. The standard InChI is InChI=1S/C23H18ClN3O3/c24-19-8-4-5-9-20(19)29-18-12-10-17(11-13-18)25-21(28)14-15-22-26-27-23(30-22)16-6-2-1-3-7-16/h1-13H,14-15H2,(H,25,28). The summed E-state index contributed by atoms with van der Waals surface area (Å²) in [5.41, 5.74) is 1.52. The van der Waals surface area contributed by atoms with Gasteiger partial charge in [0.15, 0.2) is 0 Å². The summed E-state index contributed by atoms with van der Waals surface area (Å²) >= 11 is 6.10. The molecule has 0 aliphatic rings. The van der Waals surface area contributed by atoms with Gasteiger partial charge in [-0.25, -0.2) is 0 Å². The van der Waals surface area contributed by atoms with E-state index in [4.69, 9.17) is 20.8 Å². The summed E-state index contributed by atoms with van der Waals surface area (Å²) in [5, 5.41) is 11.4. The molecule has 3 aromatic carbocycles. The van der Waals surface area contributed by atoms with Gasteiger partial charge in [0.25, 0.3) is 0 Å². The van der Waals surface area contributed by atoms with Crippen molar-refractivity contribution < 1.29 is 13.9 Å². The van der Waals surface area contributed by atoms with Crippen molar-refractivity contribution in [2.45, 2.75) is 12.8 Å². The highest BCUT2D eigenvalue weighted by atomic mass is 35.5. The largest absolute Gasteiger partial charge is 0.456 e. The summed E-state index contributed by atoms with van der Waals surface area (Å²) in [4.78, 5) is 12.2. The van der Waals surface area contributed by atoms with Crippen molar-refractivity contribution in [3.63, 3.8) is 0 Å². The number of hydrogen-bond acceptors (Lipinski definition) is 5. The van der Waals surface area contributed by atoms with E-state index in [1.807, 2.05) is 42.5 Å². The lowest BCUT2D eigenvalue weighted by molar-refractivity contribution is -0.116. The van der Waals surface area contributed by atoms with Gasteiger partial charge in [-0.3, -0.25) is 4.79 Å². The van der Waals surface area contributed by atoms with Crippen molar-refractivity contribution in [2.24, 2.45) is 0 Å². The Balaban J connectivity index is 1.29. The number of carbonyl (C=O) groups is 1. The number of hydrogen-bond donors (Lipinski definition) is 1. The van der Waals surface area contributed by atoms with Crippen LogP contribution in [0.1, 0.15) is 12.3 Å². The van der Waals surface area contributed by atoms with Crippen LogP contribution in [0.3, 0.4) is 0 Å². The Morgan fingerprint density at radius 3 is 2.43 bits per heavy atom. The number of nitrogens with one attached hydrogen (secondary N) is 1. The summed E-state index contributed by atoms with van der Waals surface area (Å²) in [6.07, 6.45) is 0.591. The summed E-state index contributed by atoms with van der Waals surface area (Å²) in [6, 6.07) is 23.8. The second-order valence-corrected chi connectivity index (χ2v) is 6.88. The van der Waals surface area contributed by atoms with E-state index in [0.717, 1.165) is 5.56 Å². The van der Waals surface area contributed by atoms with Crippen LogP contribution in [-0.2, 0) is 11.2 Å². The zero-order valence-corrected chi connectivity index (χ0v) is 16.7. The van der Waals surface area contributed by atoms with Gasteiger partial charge in [-0.05, 0) is 48.5 Å². The molecule has 0 unspecified atom stereocenters. The molecule has 0 fully saturated rings. The highest BCUT2D eigenvalue weighted by Gasteiger charge is 2.11. The van der Waals surface area contributed by atoms with Crippen LogP contribution in [0.25, 0.3) is 11.5 Å². The zero-order valence-electron chi connectivity index (χ0n) is 15.9. The predicted octanol–water partition coefficient (Wildman–Crippen LogP) is 5.75. The SMILES string of the molecule is O=C(CCc1nnc(-c2ccccc2)o1)Nc1ccc(Oc2ccccc2Cl)cc1. The Morgan fingerprint density at radius 2 is 1.67 bits per heavy atom. The number of carbonyl (C=O) groups excluding carboxylic acids is 1. The molecule has 4 rings (SSSR count). The van der Waals surface area contributed by atoms with Crippen LogP contribution in [0.15, 0.2) is 83.3 Å². The summed E-state index contributed by atoms with van der Waals surface area (Å²) < 4.78 is 11.4. The van der Waals surface area contributed by atoms with Gasteiger partial charge in [-0.1, -0.05) is 41.9 Å². The third-order valence-corrected chi connectivity index (χ3v) is 4.57. The molecule has 1 N–H and O–H groups in total. The van der Waals surface area contributed by atoms with Crippen molar-refractivity contribution in [1.82, 2.24) is 10.2 Å². The molecule has 0 aliphatic carbocycles. The Kier molecular flexibility index (Phi) is 6.06. The number of anilines is 1. The molecule has 7 heteroatoms. The molecule has 150 valence electrons. The topological polar surface area (TPSA) is 77.2 Å². The van der Waals surface area contributed by atoms with E-state index in [2.05, 4.69) is 15.5 Å². The van der Waals surface area contributed by atoms with E-state index in [0.29, 0.717) is 40.4 Å². The van der Waals surface area contributed by atoms with Crippen LogP contribution in [0, 0.1) is 0 Å². The summed E-state index contributed by atoms with van der Waals surface area (Å²) in [7, 11) is 0. The fraction of sp³-hybridized carbons (Fsp3) is 0.0870. The highest BCUT2D eigenvalue weighted by Crippen LogP contribution is 2.29. The first-order valence-corrected chi connectivity index (χ1v) is 9.75. The molecule has 0 atom stereocenters. The minimum Gasteiger partial charge on any atom is -0.456 e. The van der Waals surface area contributed by atoms with Crippen LogP contribution < -0.4 is 10.1 Å². The molecule has 0 spiro atoms. The van der Waals surface area contributed by atoms with E-state index >= 15 is 0 Å². The fourth-order valence-corrected chi connectivity index (χ4v) is 2.93. The molecule has 6 nitrogen and oxygen atoms in total. The van der Waals surface area contributed by atoms with Gasteiger partial charge in [0, 0.05) is 24.1 Å². The molecule has 1 heterocycles. The molecule has 0 aliphatic heterocycles. The molecule has 0 bridgehead atoms. The average molecular weight is 420 g/mol. The normalized spacial score (nSPS) is 10.6. The minimum absolute atomic E-state index is 0.144. The first-order chi connectivity index (χ1) is 14.7. The number of aromatic nitrogens is 2. The van der Waals surface area contributed by atoms with Crippen molar-refractivity contribution >= 4 is 23.2 Å². The van der Waals surface area contributed by atoms with Gasteiger partial charge in [-0.2, -0.15) is 0 Å². The van der Waals surface area contributed by atoms with Crippen molar-refractivity contribution in [3.05, 3.63) is 89.8 Å². The van der Waals surface area contributed by atoms with Crippen molar-refractivity contribution in [1.29, 1.82) is 0 Å². The van der Waals surface area contributed by atoms with Crippen LogP contribution in [0.2, 0.25) is 5.02 Å². The molecule has 4 aromatic rings. The number of benzene rings is 3. The fourth-order valence-electron chi connectivity index (χ4n) is 2.76.